The van der Waals surface area contributed by atoms with Crippen molar-refractivity contribution >= 4 is 34.8 Å². The van der Waals surface area contributed by atoms with E-state index in [2.05, 4.69) is 5.32 Å². The molecule has 2 heterocycles. The summed E-state index contributed by atoms with van der Waals surface area (Å²) < 4.78 is 6.02. The van der Waals surface area contributed by atoms with Gasteiger partial charge in [-0.2, -0.15) is 0 Å². The van der Waals surface area contributed by atoms with E-state index < -0.39 is 6.10 Å². The monoisotopic (exact) mass is 427 g/mol. The zero-order valence-electron chi connectivity index (χ0n) is 17.1. The number of carbonyl (C=O) groups is 2. The van der Waals surface area contributed by atoms with Crippen LogP contribution in [0.15, 0.2) is 42.5 Å². The number of ether oxygens (including phenoxy) is 1. The fraction of sp³-hybridized carbons (Fsp3) is 0.391. The SMILES string of the molecule is Cc1ccc(NC(=O)CN2C[C@@H](C(=O)N3CCCCC3)Oc3ccccc32)cc1Cl. The second kappa shape index (κ2) is 8.96. The molecule has 1 N–H and O–H groups in total. The Morgan fingerprint density at radius 1 is 1.13 bits per heavy atom. The van der Waals surface area contributed by atoms with E-state index in [-0.39, 0.29) is 18.4 Å². The minimum atomic E-state index is -0.611. The number of nitrogens with zero attached hydrogens (tertiary/aromatic N) is 2. The second-order valence-electron chi connectivity index (χ2n) is 7.85. The van der Waals surface area contributed by atoms with Crippen molar-refractivity contribution in [2.45, 2.75) is 32.3 Å². The van der Waals surface area contributed by atoms with Crippen molar-refractivity contribution in [2.24, 2.45) is 0 Å². The minimum Gasteiger partial charge on any atom is -0.477 e. The van der Waals surface area contributed by atoms with Crippen molar-refractivity contribution in [3.63, 3.8) is 0 Å². The Morgan fingerprint density at radius 3 is 2.67 bits per heavy atom. The van der Waals surface area contributed by atoms with Gasteiger partial charge in [0.15, 0.2) is 6.10 Å². The quantitative estimate of drug-likeness (QED) is 0.804. The number of carbonyl (C=O) groups excluding carboxylic acids is 2. The van der Waals surface area contributed by atoms with Crippen LogP contribution < -0.4 is 15.0 Å². The lowest BCUT2D eigenvalue weighted by Gasteiger charge is -2.38. The van der Waals surface area contributed by atoms with Gasteiger partial charge >= 0.3 is 0 Å². The Hall–Kier alpha value is -2.73. The lowest BCUT2D eigenvalue weighted by atomic mass is 10.1. The fourth-order valence-electron chi connectivity index (χ4n) is 3.95. The first-order valence-electron chi connectivity index (χ1n) is 10.4. The maximum absolute atomic E-state index is 13.0. The number of para-hydroxylation sites is 2. The first kappa shape index (κ1) is 20.5. The minimum absolute atomic E-state index is 0.0000670. The number of likely N-dealkylation sites (tertiary alicyclic amines) is 1. The van der Waals surface area contributed by atoms with Crippen LogP contribution >= 0.6 is 11.6 Å². The number of halogens is 1. The highest BCUT2D eigenvalue weighted by molar-refractivity contribution is 6.31. The van der Waals surface area contributed by atoms with Gasteiger partial charge in [0, 0.05) is 23.8 Å². The van der Waals surface area contributed by atoms with Gasteiger partial charge in [0.05, 0.1) is 18.8 Å². The third-order valence-electron chi connectivity index (χ3n) is 5.59. The van der Waals surface area contributed by atoms with Gasteiger partial charge < -0.3 is 19.9 Å². The molecule has 2 aliphatic heterocycles. The van der Waals surface area contributed by atoms with E-state index in [9.17, 15) is 9.59 Å². The average Bonchev–Trinajstić information content (AvgIpc) is 2.76. The highest BCUT2D eigenvalue weighted by atomic mass is 35.5. The predicted molar refractivity (Wildman–Crippen MR) is 118 cm³/mol. The van der Waals surface area contributed by atoms with E-state index >= 15 is 0 Å². The molecular formula is C23H26ClN3O3. The molecule has 1 fully saturated rings. The van der Waals surface area contributed by atoms with Gasteiger partial charge in [0.2, 0.25) is 5.91 Å². The highest BCUT2D eigenvalue weighted by Crippen LogP contribution is 2.33. The van der Waals surface area contributed by atoms with Crippen LogP contribution in [0.1, 0.15) is 24.8 Å². The van der Waals surface area contributed by atoms with Gasteiger partial charge in [-0.3, -0.25) is 9.59 Å². The van der Waals surface area contributed by atoms with Crippen molar-refractivity contribution in [3.8, 4) is 5.75 Å². The number of hydrogen-bond acceptors (Lipinski definition) is 4. The largest absolute Gasteiger partial charge is 0.477 e. The standard InChI is InChI=1S/C23H26ClN3O3/c1-16-9-10-17(13-18(16)24)25-22(28)15-27-14-21(23(29)26-11-5-2-6-12-26)30-20-8-4-3-7-19(20)27/h3-4,7-10,13,21H,2,5-6,11-12,14-15H2,1H3,(H,25,28)/t21-/m0/s1. The summed E-state index contributed by atoms with van der Waals surface area (Å²) >= 11 is 6.16. The first-order chi connectivity index (χ1) is 14.5. The molecule has 2 aromatic rings. The molecule has 158 valence electrons. The molecule has 4 rings (SSSR count). The molecule has 2 aromatic carbocycles. The predicted octanol–water partition coefficient (Wildman–Crippen LogP) is 3.87. The molecule has 0 spiro atoms. The van der Waals surface area contributed by atoms with Crippen LogP contribution in [-0.2, 0) is 9.59 Å². The van der Waals surface area contributed by atoms with Crippen molar-refractivity contribution in [1.82, 2.24) is 4.90 Å². The molecule has 1 atom stereocenters. The van der Waals surface area contributed by atoms with Crippen molar-refractivity contribution in [3.05, 3.63) is 53.1 Å². The van der Waals surface area contributed by atoms with Gasteiger partial charge in [0.25, 0.3) is 5.91 Å². The molecule has 0 aliphatic carbocycles. The number of amides is 2. The summed E-state index contributed by atoms with van der Waals surface area (Å²) in [4.78, 5) is 29.5. The third kappa shape index (κ3) is 4.54. The summed E-state index contributed by atoms with van der Waals surface area (Å²) in [6, 6.07) is 13.0. The van der Waals surface area contributed by atoms with Gasteiger partial charge in [-0.25, -0.2) is 0 Å². The van der Waals surface area contributed by atoms with E-state index in [0.29, 0.717) is 23.0 Å². The van der Waals surface area contributed by atoms with E-state index in [1.54, 1.807) is 6.07 Å². The maximum atomic E-state index is 13.0. The van der Waals surface area contributed by atoms with Gasteiger partial charge in [-0.1, -0.05) is 29.8 Å². The number of rotatable bonds is 4. The second-order valence-corrected chi connectivity index (χ2v) is 8.26. The maximum Gasteiger partial charge on any atom is 0.265 e. The van der Waals surface area contributed by atoms with E-state index in [1.807, 2.05) is 53.1 Å². The summed E-state index contributed by atoms with van der Waals surface area (Å²) in [7, 11) is 0. The van der Waals surface area contributed by atoms with Crippen LogP contribution in [0.25, 0.3) is 0 Å². The number of piperidine rings is 1. The lowest BCUT2D eigenvalue weighted by molar-refractivity contribution is -0.139. The van der Waals surface area contributed by atoms with Crippen LogP contribution in [0, 0.1) is 6.92 Å². The van der Waals surface area contributed by atoms with Crippen molar-refractivity contribution in [1.29, 1.82) is 0 Å². The summed E-state index contributed by atoms with van der Waals surface area (Å²) in [5.41, 5.74) is 2.42. The van der Waals surface area contributed by atoms with E-state index in [0.717, 1.165) is 43.6 Å². The lowest BCUT2D eigenvalue weighted by Crippen LogP contribution is -2.52. The average molecular weight is 428 g/mol. The Kier molecular flexibility index (Phi) is 6.13. The van der Waals surface area contributed by atoms with Crippen LogP contribution in [0.4, 0.5) is 11.4 Å². The molecule has 0 saturated carbocycles. The molecule has 30 heavy (non-hydrogen) atoms. The number of anilines is 2. The van der Waals surface area contributed by atoms with Crippen LogP contribution in [0.2, 0.25) is 5.02 Å². The zero-order valence-corrected chi connectivity index (χ0v) is 17.8. The van der Waals surface area contributed by atoms with Gasteiger partial charge in [0.1, 0.15) is 5.75 Å². The molecule has 0 radical (unpaired) electrons. The van der Waals surface area contributed by atoms with Gasteiger partial charge in [-0.15, -0.1) is 0 Å². The molecule has 0 aromatic heterocycles. The Labute approximate surface area is 181 Å². The Bertz CT molecular complexity index is 943. The highest BCUT2D eigenvalue weighted by Gasteiger charge is 2.34. The molecule has 0 unspecified atom stereocenters. The normalized spacial score (nSPS) is 18.4. The topological polar surface area (TPSA) is 61.9 Å². The number of hydrogen-bond donors (Lipinski definition) is 1. The van der Waals surface area contributed by atoms with Crippen molar-refractivity contribution in [2.75, 3.05) is 36.4 Å². The van der Waals surface area contributed by atoms with Gasteiger partial charge in [-0.05, 0) is 56.0 Å². The third-order valence-corrected chi connectivity index (χ3v) is 6.00. The molecule has 2 aliphatic rings. The van der Waals surface area contributed by atoms with Crippen molar-refractivity contribution < 1.29 is 14.3 Å². The first-order valence-corrected chi connectivity index (χ1v) is 10.7. The molecule has 7 heteroatoms. The number of nitrogens with one attached hydrogen (secondary N) is 1. The van der Waals surface area contributed by atoms with Crippen LogP contribution in [0.3, 0.4) is 0 Å². The summed E-state index contributed by atoms with van der Waals surface area (Å²) in [5, 5.41) is 3.50. The van der Waals surface area contributed by atoms with Crippen LogP contribution in [0.5, 0.6) is 5.75 Å². The molecule has 2 amide bonds. The number of benzene rings is 2. The molecule has 6 nitrogen and oxygen atoms in total. The molecule has 0 bridgehead atoms. The zero-order chi connectivity index (χ0) is 21.1. The Morgan fingerprint density at radius 2 is 1.90 bits per heavy atom. The fourth-order valence-corrected chi connectivity index (χ4v) is 4.13. The Balaban J connectivity index is 1.48. The number of fused-ring (bicyclic) bond motifs is 1. The smallest absolute Gasteiger partial charge is 0.265 e. The number of aryl methyl sites for hydroxylation is 1. The molecule has 1 saturated heterocycles. The van der Waals surface area contributed by atoms with E-state index in [4.69, 9.17) is 16.3 Å². The summed E-state index contributed by atoms with van der Waals surface area (Å²) in [5.74, 6) is 0.459. The van der Waals surface area contributed by atoms with E-state index in [1.165, 1.54) is 0 Å². The summed E-state index contributed by atoms with van der Waals surface area (Å²) in [6.07, 6.45) is 2.60. The van der Waals surface area contributed by atoms with Crippen LogP contribution in [-0.4, -0.2) is 49.0 Å². The summed E-state index contributed by atoms with van der Waals surface area (Å²) in [6.45, 7) is 3.92. The molecular weight excluding hydrogens is 402 g/mol.